The molecular weight excluding hydrogens is 264 g/mol. The fourth-order valence-corrected chi connectivity index (χ4v) is 2.31. The summed E-state index contributed by atoms with van der Waals surface area (Å²) in [4.78, 5) is 12.3. The summed E-state index contributed by atoms with van der Waals surface area (Å²) < 4.78 is 5.55. The van der Waals surface area contributed by atoms with Crippen molar-refractivity contribution in [1.82, 2.24) is 0 Å². The lowest BCUT2D eigenvalue weighted by atomic mass is 10.1. The first-order chi connectivity index (χ1) is 10.0. The number of hydrogen-bond acceptors (Lipinski definition) is 3. The molecule has 0 aliphatic rings. The van der Waals surface area contributed by atoms with E-state index in [2.05, 4.69) is 5.32 Å². The maximum Gasteiger partial charge on any atom is 0.291 e. The van der Waals surface area contributed by atoms with E-state index in [1.165, 1.54) is 0 Å². The van der Waals surface area contributed by atoms with E-state index in [0.29, 0.717) is 11.3 Å². The number of amides is 1. The quantitative estimate of drug-likeness (QED) is 0.700. The number of furan rings is 1. The monoisotopic (exact) mass is 280 g/mol. The highest BCUT2D eigenvalue weighted by atomic mass is 16.3. The van der Waals surface area contributed by atoms with Crippen molar-refractivity contribution in [3.63, 3.8) is 0 Å². The minimum absolute atomic E-state index is 0.267. The van der Waals surface area contributed by atoms with Crippen LogP contribution in [0.2, 0.25) is 0 Å². The van der Waals surface area contributed by atoms with Gasteiger partial charge in [-0.1, -0.05) is 17.7 Å². The third kappa shape index (κ3) is 2.60. The highest BCUT2D eigenvalue weighted by Crippen LogP contribution is 2.23. The maximum absolute atomic E-state index is 12.3. The minimum atomic E-state index is -0.267. The van der Waals surface area contributed by atoms with E-state index in [1.54, 1.807) is 24.3 Å². The van der Waals surface area contributed by atoms with E-state index >= 15 is 0 Å². The van der Waals surface area contributed by atoms with Crippen LogP contribution in [0.15, 0.2) is 46.9 Å². The van der Waals surface area contributed by atoms with Gasteiger partial charge >= 0.3 is 0 Å². The first-order valence-corrected chi connectivity index (χ1v) is 6.70. The van der Waals surface area contributed by atoms with E-state index in [0.717, 1.165) is 22.2 Å². The Kier molecular flexibility index (Phi) is 3.14. The Morgan fingerprint density at radius 1 is 1.10 bits per heavy atom. The number of aryl methyl sites for hydroxylation is 2. The second-order valence-electron chi connectivity index (χ2n) is 5.18. The Hall–Kier alpha value is -2.75. The molecule has 3 rings (SSSR count). The average Bonchev–Trinajstić information content (AvgIpc) is 2.85. The fourth-order valence-electron chi connectivity index (χ4n) is 2.31. The third-order valence-electron chi connectivity index (χ3n) is 3.39. The van der Waals surface area contributed by atoms with Gasteiger partial charge in [-0.25, -0.2) is 0 Å². The van der Waals surface area contributed by atoms with Gasteiger partial charge in [-0.05, 0) is 49.7 Å². The summed E-state index contributed by atoms with van der Waals surface area (Å²) in [5.74, 6) is 0.00676. The maximum atomic E-state index is 12.3. The van der Waals surface area contributed by atoms with Crippen LogP contribution in [0.25, 0.3) is 11.0 Å². The van der Waals surface area contributed by atoms with Crippen LogP contribution in [0, 0.1) is 13.8 Å². The molecule has 3 N–H and O–H groups in total. The summed E-state index contributed by atoms with van der Waals surface area (Å²) in [5.41, 5.74) is 9.97. The molecule has 0 fully saturated rings. The molecule has 1 aromatic heterocycles. The summed E-state index contributed by atoms with van der Waals surface area (Å²) in [6.07, 6.45) is 0. The topological polar surface area (TPSA) is 68.3 Å². The average molecular weight is 280 g/mol. The number of hydrogen-bond donors (Lipinski definition) is 2. The molecule has 0 saturated carbocycles. The van der Waals surface area contributed by atoms with Gasteiger partial charge < -0.3 is 15.5 Å². The van der Waals surface area contributed by atoms with E-state index in [-0.39, 0.29) is 11.7 Å². The molecule has 0 atom stereocenters. The molecule has 4 heteroatoms. The van der Waals surface area contributed by atoms with Crippen molar-refractivity contribution in [2.24, 2.45) is 0 Å². The number of benzene rings is 2. The number of carbonyl (C=O) groups excluding carboxylic acids is 1. The van der Waals surface area contributed by atoms with Gasteiger partial charge in [0.25, 0.3) is 5.91 Å². The third-order valence-corrected chi connectivity index (χ3v) is 3.39. The van der Waals surface area contributed by atoms with Gasteiger partial charge in [-0.15, -0.1) is 0 Å². The molecule has 21 heavy (non-hydrogen) atoms. The predicted octanol–water partition coefficient (Wildman–Crippen LogP) is 3.88. The van der Waals surface area contributed by atoms with Crippen LogP contribution < -0.4 is 11.1 Å². The van der Waals surface area contributed by atoms with Gasteiger partial charge in [0.15, 0.2) is 5.76 Å². The molecule has 1 heterocycles. The van der Waals surface area contributed by atoms with E-state index in [1.807, 2.05) is 32.0 Å². The molecule has 2 aromatic carbocycles. The Morgan fingerprint density at radius 3 is 2.67 bits per heavy atom. The Balaban J connectivity index is 1.89. The molecule has 3 aromatic rings. The number of anilines is 2. The lowest BCUT2D eigenvalue weighted by Crippen LogP contribution is -2.11. The molecule has 0 saturated heterocycles. The second-order valence-corrected chi connectivity index (χ2v) is 5.18. The largest absolute Gasteiger partial charge is 0.451 e. The highest BCUT2D eigenvalue weighted by molar-refractivity contribution is 6.05. The first-order valence-electron chi connectivity index (χ1n) is 6.70. The molecule has 0 radical (unpaired) electrons. The fraction of sp³-hybridized carbons (Fsp3) is 0.118. The summed E-state index contributed by atoms with van der Waals surface area (Å²) in [7, 11) is 0. The van der Waals surface area contributed by atoms with Crippen molar-refractivity contribution in [3.8, 4) is 0 Å². The van der Waals surface area contributed by atoms with Gasteiger partial charge in [0.2, 0.25) is 0 Å². The van der Waals surface area contributed by atoms with Gasteiger partial charge in [0.1, 0.15) is 5.58 Å². The van der Waals surface area contributed by atoms with Crippen LogP contribution in [0.5, 0.6) is 0 Å². The lowest BCUT2D eigenvalue weighted by Gasteiger charge is -2.07. The highest BCUT2D eigenvalue weighted by Gasteiger charge is 2.13. The normalized spacial score (nSPS) is 10.8. The zero-order valence-electron chi connectivity index (χ0n) is 11.9. The first kappa shape index (κ1) is 13.2. The summed E-state index contributed by atoms with van der Waals surface area (Å²) in [6.45, 7) is 3.98. The molecular formula is C17H16N2O2. The van der Waals surface area contributed by atoms with E-state index in [9.17, 15) is 4.79 Å². The summed E-state index contributed by atoms with van der Waals surface area (Å²) in [6, 6.07) is 12.9. The molecule has 1 amide bonds. The summed E-state index contributed by atoms with van der Waals surface area (Å²) >= 11 is 0. The smallest absolute Gasteiger partial charge is 0.291 e. The zero-order chi connectivity index (χ0) is 15.0. The van der Waals surface area contributed by atoms with Crippen LogP contribution in [0.1, 0.15) is 21.7 Å². The minimum Gasteiger partial charge on any atom is -0.451 e. The molecule has 0 unspecified atom stereocenters. The number of nitrogens with two attached hydrogens (primary N) is 1. The molecule has 0 aliphatic heterocycles. The van der Waals surface area contributed by atoms with Gasteiger partial charge in [0, 0.05) is 16.8 Å². The van der Waals surface area contributed by atoms with Crippen LogP contribution in [0.4, 0.5) is 11.4 Å². The van der Waals surface area contributed by atoms with Crippen molar-refractivity contribution in [2.45, 2.75) is 13.8 Å². The van der Waals surface area contributed by atoms with Gasteiger partial charge in [-0.3, -0.25) is 4.79 Å². The van der Waals surface area contributed by atoms with Crippen LogP contribution in [-0.4, -0.2) is 5.91 Å². The van der Waals surface area contributed by atoms with Crippen molar-refractivity contribution >= 4 is 28.3 Å². The number of fused-ring (bicyclic) bond motifs is 1. The molecule has 0 bridgehead atoms. The van der Waals surface area contributed by atoms with Crippen molar-refractivity contribution in [3.05, 3.63) is 59.4 Å². The number of nitrogens with one attached hydrogen (secondary N) is 1. The van der Waals surface area contributed by atoms with Crippen molar-refractivity contribution in [2.75, 3.05) is 11.1 Å². The van der Waals surface area contributed by atoms with Crippen LogP contribution in [-0.2, 0) is 0 Å². The SMILES string of the molecule is Cc1ccc(NC(=O)c2cc3cc(N)ccc3o2)c(C)c1. The van der Waals surface area contributed by atoms with Gasteiger partial charge in [-0.2, -0.15) is 0 Å². The van der Waals surface area contributed by atoms with Gasteiger partial charge in [0.05, 0.1) is 0 Å². The molecule has 0 aliphatic carbocycles. The van der Waals surface area contributed by atoms with Crippen molar-refractivity contribution in [1.29, 1.82) is 0 Å². The van der Waals surface area contributed by atoms with Crippen molar-refractivity contribution < 1.29 is 9.21 Å². The Morgan fingerprint density at radius 2 is 1.90 bits per heavy atom. The number of rotatable bonds is 2. The predicted molar refractivity (Wildman–Crippen MR) is 84.5 cm³/mol. The zero-order valence-corrected chi connectivity index (χ0v) is 11.9. The Bertz CT molecular complexity index is 834. The molecule has 0 spiro atoms. The standard InChI is InChI=1S/C17H16N2O2/c1-10-3-5-14(11(2)7-10)19-17(20)16-9-12-8-13(18)4-6-15(12)21-16/h3-9H,18H2,1-2H3,(H,19,20). The van der Waals surface area contributed by atoms with E-state index < -0.39 is 0 Å². The second kappa shape index (κ2) is 4.98. The lowest BCUT2D eigenvalue weighted by molar-refractivity contribution is 0.0998. The Labute approximate surface area is 122 Å². The van der Waals surface area contributed by atoms with E-state index in [4.69, 9.17) is 10.2 Å². The van der Waals surface area contributed by atoms with Crippen LogP contribution >= 0.6 is 0 Å². The number of nitrogen functional groups attached to an aromatic ring is 1. The molecule has 4 nitrogen and oxygen atoms in total. The van der Waals surface area contributed by atoms with Crippen LogP contribution in [0.3, 0.4) is 0 Å². The molecule has 106 valence electrons. The number of carbonyl (C=O) groups is 1. The summed E-state index contributed by atoms with van der Waals surface area (Å²) in [5, 5.41) is 3.69.